The highest BCUT2D eigenvalue weighted by molar-refractivity contribution is 6.02. The summed E-state index contributed by atoms with van der Waals surface area (Å²) in [4.78, 5) is 16.7. The number of Topliss-reactive ketones (excluding diaryl/α,β-unsaturated/α-hetero) is 1. The van der Waals surface area contributed by atoms with E-state index >= 15 is 0 Å². The van der Waals surface area contributed by atoms with Gasteiger partial charge < -0.3 is 8.94 Å². The molecule has 3 aromatic rings. The van der Waals surface area contributed by atoms with Gasteiger partial charge in [-0.15, -0.1) is 0 Å². The van der Waals surface area contributed by atoms with E-state index in [1.807, 2.05) is 19.9 Å². The van der Waals surface area contributed by atoms with E-state index in [2.05, 4.69) is 10.1 Å². The third kappa shape index (κ3) is 2.13. The second-order valence-electron chi connectivity index (χ2n) is 6.11. The van der Waals surface area contributed by atoms with Crippen LogP contribution in [0, 0.1) is 5.92 Å². The van der Waals surface area contributed by atoms with Crippen molar-refractivity contribution in [1.29, 1.82) is 0 Å². The fraction of sp³-hybridized carbons (Fsp3) is 0.353. The van der Waals surface area contributed by atoms with E-state index in [-0.39, 0.29) is 11.7 Å². The van der Waals surface area contributed by atoms with Crippen molar-refractivity contribution in [3.05, 3.63) is 35.9 Å². The van der Waals surface area contributed by atoms with Crippen LogP contribution in [-0.2, 0) is 0 Å². The zero-order valence-electron chi connectivity index (χ0n) is 12.5. The van der Waals surface area contributed by atoms with E-state index in [1.165, 1.54) is 0 Å². The Hall–Kier alpha value is -2.43. The minimum atomic E-state index is -0.0470. The SMILES string of the molecule is CC(C)C(=O)c1ccc2onc(-c3coc(C4CC4)n3)c2c1. The molecule has 5 heteroatoms. The first kappa shape index (κ1) is 13.2. The van der Waals surface area contributed by atoms with Gasteiger partial charge in [0, 0.05) is 17.4 Å². The van der Waals surface area contributed by atoms with Gasteiger partial charge in [0.25, 0.3) is 0 Å². The van der Waals surface area contributed by atoms with Crippen LogP contribution in [0.25, 0.3) is 22.4 Å². The Bertz CT molecular complexity index is 856. The molecule has 2 heterocycles. The third-order valence-electron chi connectivity index (χ3n) is 3.97. The highest BCUT2D eigenvalue weighted by Gasteiger charge is 2.29. The summed E-state index contributed by atoms with van der Waals surface area (Å²) < 4.78 is 10.9. The van der Waals surface area contributed by atoms with Gasteiger partial charge in [-0.05, 0) is 31.0 Å². The number of rotatable bonds is 4. The molecule has 0 saturated heterocycles. The zero-order chi connectivity index (χ0) is 15.3. The zero-order valence-corrected chi connectivity index (χ0v) is 12.5. The molecule has 1 aliphatic rings. The van der Waals surface area contributed by atoms with Crippen molar-refractivity contribution < 1.29 is 13.7 Å². The largest absolute Gasteiger partial charge is 0.448 e. The van der Waals surface area contributed by atoms with Crippen molar-refractivity contribution in [2.75, 3.05) is 0 Å². The molecule has 1 fully saturated rings. The van der Waals surface area contributed by atoms with Crippen molar-refractivity contribution in [2.24, 2.45) is 5.92 Å². The molecule has 0 amide bonds. The third-order valence-corrected chi connectivity index (χ3v) is 3.97. The highest BCUT2D eigenvalue weighted by Crippen LogP contribution is 2.40. The van der Waals surface area contributed by atoms with E-state index in [0.29, 0.717) is 28.5 Å². The quantitative estimate of drug-likeness (QED) is 0.675. The molecule has 2 aromatic heterocycles. The van der Waals surface area contributed by atoms with E-state index in [0.717, 1.165) is 24.1 Å². The Morgan fingerprint density at radius 2 is 2.14 bits per heavy atom. The topological polar surface area (TPSA) is 69.1 Å². The van der Waals surface area contributed by atoms with Crippen LogP contribution in [0.4, 0.5) is 0 Å². The molecule has 0 N–H and O–H groups in total. The molecule has 4 rings (SSSR count). The number of benzene rings is 1. The van der Waals surface area contributed by atoms with Crippen molar-refractivity contribution in [3.63, 3.8) is 0 Å². The molecular formula is C17H16N2O3. The van der Waals surface area contributed by atoms with Gasteiger partial charge in [-0.2, -0.15) is 0 Å². The van der Waals surface area contributed by atoms with Crippen LogP contribution >= 0.6 is 0 Å². The summed E-state index contributed by atoms with van der Waals surface area (Å²) in [6.07, 6.45) is 3.88. The second kappa shape index (κ2) is 4.80. The smallest absolute Gasteiger partial charge is 0.197 e. The molecule has 0 spiro atoms. The Kier molecular flexibility index (Phi) is 2.89. The minimum absolute atomic E-state index is 0.0470. The van der Waals surface area contributed by atoms with Crippen LogP contribution in [0.5, 0.6) is 0 Å². The van der Waals surface area contributed by atoms with Crippen LogP contribution in [0.1, 0.15) is 48.9 Å². The lowest BCUT2D eigenvalue weighted by Crippen LogP contribution is -2.06. The molecule has 22 heavy (non-hydrogen) atoms. The maximum absolute atomic E-state index is 12.2. The predicted molar refractivity (Wildman–Crippen MR) is 80.6 cm³/mol. The molecule has 0 radical (unpaired) electrons. The van der Waals surface area contributed by atoms with Crippen molar-refractivity contribution in [3.8, 4) is 11.4 Å². The molecule has 1 aliphatic carbocycles. The Morgan fingerprint density at radius 3 is 2.86 bits per heavy atom. The van der Waals surface area contributed by atoms with Gasteiger partial charge in [-0.25, -0.2) is 4.98 Å². The fourth-order valence-electron chi connectivity index (χ4n) is 2.52. The summed E-state index contributed by atoms with van der Waals surface area (Å²) in [5.41, 5.74) is 2.60. The highest BCUT2D eigenvalue weighted by atomic mass is 16.5. The molecular weight excluding hydrogens is 280 g/mol. The second-order valence-corrected chi connectivity index (χ2v) is 6.11. The number of ketones is 1. The standard InChI is InChI=1S/C17H16N2O3/c1-9(2)16(20)11-5-6-14-12(7-11)15(19-22-14)13-8-21-17(18-13)10-3-4-10/h5-10H,3-4H2,1-2H3. The van der Waals surface area contributed by atoms with Crippen molar-refractivity contribution in [1.82, 2.24) is 10.1 Å². The Morgan fingerprint density at radius 1 is 1.32 bits per heavy atom. The molecule has 0 unspecified atom stereocenters. The number of oxazole rings is 1. The van der Waals surface area contributed by atoms with Crippen molar-refractivity contribution >= 4 is 16.8 Å². The summed E-state index contributed by atoms with van der Waals surface area (Å²) in [5.74, 6) is 1.27. The molecule has 0 bridgehead atoms. The number of aromatic nitrogens is 2. The molecule has 5 nitrogen and oxygen atoms in total. The van der Waals surface area contributed by atoms with E-state index < -0.39 is 0 Å². The summed E-state index contributed by atoms with van der Waals surface area (Å²) in [5, 5.41) is 4.89. The lowest BCUT2D eigenvalue weighted by Gasteiger charge is -2.03. The van der Waals surface area contributed by atoms with Gasteiger partial charge >= 0.3 is 0 Å². The first-order valence-corrected chi connectivity index (χ1v) is 7.53. The Balaban J connectivity index is 1.79. The predicted octanol–water partition coefficient (Wildman–Crippen LogP) is 4.20. The summed E-state index contributed by atoms with van der Waals surface area (Å²) in [6.45, 7) is 3.78. The van der Waals surface area contributed by atoms with Gasteiger partial charge in [0.05, 0.1) is 5.39 Å². The van der Waals surface area contributed by atoms with Gasteiger partial charge in [-0.1, -0.05) is 19.0 Å². The fourth-order valence-corrected chi connectivity index (χ4v) is 2.52. The van der Waals surface area contributed by atoms with Crippen LogP contribution < -0.4 is 0 Å². The Labute approximate surface area is 127 Å². The monoisotopic (exact) mass is 296 g/mol. The van der Waals surface area contributed by atoms with E-state index in [1.54, 1.807) is 18.4 Å². The van der Waals surface area contributed by atoms with Gasteiger partial charge in [-0.3, -0.25) is 4.79 Å². The number of carbonyl (C=O) groups excluding carboxylic acids is 1. The summed E-state index contributed by atoms with van der Waals surface area (Å²) in [7, 11) is 0. The van der Waals surface area contributed by atoms with Crippen LogP contribution in [0.3, 0.4) is 0 Å². The molecule has 112 valence electrons. The normalized spacial score (nSPS) is 14.9. The first-order chi connectivity index (χ1) is 10.6. The number of nitrogens with zero attached hydrogens (tertiary/aromatic N) is 2. The lowest BCUT2D eigenvalue weighted by molar-refractivity contribution is 0.0939. The van der Waals surface area contributed by atoms with Crippen LogP contribution in [-0.4, -0.2) is 15.9 Å². The molecule has 0 aliphatic heterocycles. The first-order valence-electron chi connectivity index (χ1n) is 7.53. The molecule has 1 saturated carbocycles. The summed E-state index contributed by atoms with van der Waals surface area (Å²) >= 11 is 0. The number of hydrogen-bond acceptors (Lipinski definition) is 5. The maximum Gasteiger partial charge on any atom is 0.197 e. The number of fused-ring (bicyclic) bond motifs is 1. The van der Waals surface area contributed by atoms with E-state index in [4.69, 9.17) is 8.94 Å². The van der Waals surface area contributed by atoms with Gasteiger partial charge in [0.1, 0.15) is 17.7 Å². The van der Waals surface area contributed by atoms with Gasteiger partial charge in [0.2, 0.25) is 0 Å². The molecule has 1 aromatic carbocycles. The van der Waals surface area contributed by atoms with Crippen LogP contribution in [0.15, 0.2) is 33.4 Å². The average Bonchev–Trinajstić information content (AvgIpc) is 3.10. The van der Waals surface area contributed by atoms with Crippen molar-refractivity contribution in [2.45, 2.75) is 32.6 Å². The summed E-state index contributed by atoms with van der Waals surface area (Å²) in [6, 6.07) is 5.39. The average molecular weight is 296 g/mol. The molecule has 0 atom stereocenters. The maximum atomic E-state index is 12.2. The minimum Gasteiger partial charge on any atom is -0.448 e. The van der Waals surface area contributed by atoms with Gasteiger partial charge in [0.15, 0.2) is 17.3 Å². The van der Waals surface area contributed by atoms with Crippen LogP contribution in [0.2, 0.25) is 0 Å². The number of hydrogen-bond donors (Lipinski definition) is 0. The number of carbonyl (C=O) groups is 1. The van der Waals surface area contributed by atoms with E-state index in [9.17, 15) is 4.79 Å². The lowest BCUT2D eigenvalue weighted by atomic mass is 9.99.